The molecule has 3 aromatic heterocycles. The molecule has 0 spiro atoms. The Kier molecular flexibility index (Phi) is 5.23. The van der Waals surface area contributed by atoms with Gasteiger partial charge in [0.05, 0.1) is 28.8 Å². The minimum absolute atomic E-state index is 0.0475. The summed E-state index contributed by atoms with van der Waals surface area (Å²) in [5.74, 6) is 0.695. The van der Waals surface area contributed by atoms with Crippen LogP contribution in [0.3, 0.4) is 0 Å². The molecule has 4 heterocycles. The highest BCUT2D eigenvalue weighted by atomic mass is 35.5. The van der Waals surface area contributed by atoms with Crippen molar-refractivity contribution >= 4 is 39.4 Å². The number of imidazole rings is 1. The van der Waals surface area contributed by atoms with Crippen LogP contribution in [0.2, 0.25) is 5.02 Å². The van der Waals surface area contributed by atoms with Gasteiger partial charge >= 0.3 is 0 Å². The summed E-state index contributed by atoms with van der Waals surface area (Å²) in [5, 5.41) is 6.39. The van der Waals surface area contributed by atoms with E-state index in [2.05, 4.69) is 49.2 Å². The SMILES string of the molecule is C[C@H](Nc1ncnc2[nH]cnc12)c1cc2cccc(Cl)c2c(CCN2CCCC2)n1. The van der Waals surface area contributed by atoms with Crippen molar-refractivity contribution in [2.24, 2.45) is 0 Å². The van der Waals surface area contributed by atoms with Crippen LogP contribution >= 0.6 is 11.6 Å². The van der Waals surface area contributed by atoms with E-state index in [9.17, 15) is 0 Å². The fourth-order valence-corrected chi connectivity index (χ4v) is 4.48. The van der Waals surface area contributed by atoms with E-state index in [-0.39, 0.29) is 6.04 Å². The molecule has 0 saturated carbocycles. The van der Waals surface area contributed by atoms with E-state index in [1.807, 2.05) is 12.1 Å². The van der Waals surface area contributed by atoms with E-state index in [0.29, 0.717) is 11.5 Å². The van der Waals surface area contributed by atoms with Gasteiger partial charge in [-0.1, -0.05) is 23.7 Å². The lowest BCUT2D eigenvalue weighted by atomic mass is 10.0. The smallest absolute Gasteiger partial charge is 0.162 e. The number of H-pyrrole nitrogens is 1. The maximum atomic E-state index is 6.57. The highest BCUT2D eigenvalue weighted by Gasteiger charge is 2.17. The summed E-state index contributed by atoms with van der Waals surface area (Å²) in [6, 6.07) is 8.11. The number of nitrogens with zero attached hydrogens (tertiary/aromatic N) is 5. The van der Waals surface area contributed by atoms with Gasteiger partial charge in [0.15, 0.2) is 11.5 Å². The number of anilines is 1. The first-order valence-corrected chi connectivity index (χ1v) is 10.8. The zero-order valence-electron chi connectivity index (χ0n) is 16.9. The molecule has 1 aromatic carbocycles. The van der Waals surface area contributed by atoms with Gasteiger partial charge in [0.2, 0.25) is 0 Å². The largest absolute Gasteiger partial charge is 0.360 e. The predicted octanol–water partition coefficient (Wildman–Crippen LogP) is 4.37. The normalized spacial score (nSPS) is 15.8. The molecule has 8 heteroatoms. The summed E-state index contributed by atoms with van der Waals surface area (Å²) in [4.78, 5) is 23.5. The van der Waals surface area contributed by atoms with Crippen molar-refractivity contribution in [1.29, 1.82) is 0 Å². The summed E-state index contributed by atoms with van der Waals surface area (Å²) in [5.41, 5.74) is 3.46. The molecular weight excluding hydrogens is 398 g/mol. The van der Waals surface area contributed by atoms with E-state index in [1.165, 1.54) is 32.3 Å². The molecule has 1 saturated heterocycles. The van der Waals surface area contributed by atoms with Gasteiger partial charge in [-0.3, -0.25) is 4.98 Å². The van der Waals surface area contributed by atoms with Gasteiger partial charge in [-0.25, -0.2) is 15.0 Å². The standard InChI is InChI=1S/C22H24ClN7/c1-14(28-22-20-21(25-12-24-20)26-13-27-22)18-11-15-5-4-6-16(23)19(15)17(29-18)7-10-30-8-2-3-9-30/h4-6,11-14H,2-3,7-10H2,1H3,(H2,24,25,26,27,28)/t14-/m0/s1. The molecule has 5 rings (SSSR count). The van der Waals surface area contributed by atoms with Crippen molar-refractivity contribution in [2.75, 3.05) is 25.0 Å². The van der Waals surface area contributed by atoms with Crippen LogP contribution in [0.25, 0.3) is 21.9 Å². The molecule has 1 aliphatic rings. The van der Waals surface area contributed by atoms with Crippen LogP contribution in [0.5, 0.6) is 0 Å². The number of rotatable bonds is 6. The zero-order chi connectivity index (χ0) is 20.5. The summed E-state index contributed by atoms with van der Waals surface area (Å²) in [7, 11) is 0. The van der Waals surface area contributed by atoms with Crippen LogP contribution in [0, 0.1) is 0 Å². The van der Waals surface area contributed by atoms with Gasteiger partial charge in [0.25, 0.3) is 0 Å². The predicted molar refractivity (Wildman–Crippen MR) is 120 cm³/mol. The Labute approximate surface area is 179 Å². The van der Waals surface area contributed by atoms with Gasteiger partial charge in [-0.05, 0) is 50.4 Å². The number of fused-ring (bicyclic) bond motifs is 2. The van der Waals surface area contributed by atoms with Gasteiger partial charge in [0.1, 0.15) is 11.8 Å². The fraction of sp³-hybridized carbons (Fsp3) is 0.364. The van der Waals surface area contributed by atoms with Crippen LogP contribution in [-0.2, 0) is 6.42 Å². The minimum atomic E-state index is -0.0475. The third-order valence-electron chi connectivity index (χ3n) is 5.78. The number of nitrogens with one attached hydrogen (secondary N) is 2. The maximum absolute atomic E-state index is 6.57. The number of likely N-dealkylation sites (tertiary alicyclic amines) is 1. The number of aromatic nitrogens is 5. The summed E-state index contributed by atoms with van der Waals surface area (Å²) >= 11 is 6.57. The number of hydrogen-bond acceptors (Lipinski definition) is 6. The second-order valence-electron chi connectivity index (χ2n) is 7.82. The lowest BCUT2D eigenvalue weighted by Gasteiger charge is -2.19. The Morgan fingerprint density at radius 2 is 2.07 bits per heavy atom. The monoisotopic (exact) mass is 421 g/mol. The molecule has 1 atom stereocenters. The Balaban J connectivity index is 1.48. The Morgan fingerprint density at radius 1 is 1.20 bits per heavy atom. The highest BCUT2D eigenvalue weighted by molar-refractivity contribution is 6.35. The molecular formula is C22H24ClN7. The summed E-state index contributed by atoms with van der Waals surface area (Å²) in [6.45, 7) is 5.45. The van der Waals surface area contributed by atoms with Crippen LogP contribution in [-0.4, -0.2) is 49.5 Å². The Hall–Kier alpha value is -2.77. The summed E-state index contributed by atoms with van der Waals surface area (Å²) in [6.07, 6.45) is 6.62. The van der Waals surface area contributed by atoms with Gasteiger partial charge in [0, 0.05) is 18.4 Å². The molecule has 0 amide bonds. The van der Waals surface area contributed by atoms with E-state index in [0.717, 1.165) is 45.7 Å². The Bertz CT molecular complexity index is 1180. The van der Waals surface area contributed by atoms with Gasteiger partial charge in [-0.15, -0.1) is 0 Å². The molecule has 7 nitrogen and oxygen atoms in total. The first-order chi connectivity index (χ1) is 14.7. The van der Waals surface area contributed by atoms with Crippen molar-refractivity contribution in [2.45, 2.75) is 32.2 Å². The molecule has 0 bridgehead atoms. The molecule has 30 heavy (non-hydrogen) atoms. The van der Waals surface area contributed by atoms with Crippen molar-refractivity contribution < 1.29 is 0 Å². The zero-order valence-corrected chi connectivity index (χ0v) is 17.7. The van der Waals surface area contributed by atoms with Crippen LogP contribution in [0.15, 0.2) is 36.9 Å². The molecule has 154 valence electrons. The van der Waals surface area contributed by atoms with Crippen molar-refractivity contribution in [3.63, 3.8) is 0 Å². The number of pyridine rings is 1. The number of aromatic amines is 1. The molecule has 2 N–H and O–H groups in total. The van der Waals surface area contributed by atoms with Crippen LogP contribution in [0.1, 0.15) is 37.2 Å². The quantitative estimate of drug-likeness (QED) is 0.481. The maximum Gasteiger partial charge on any atom is 0.162 e. The van der Waals surface area contributed by atoms with E-state index < -0.39 is 0 Å². The topological polar surface area (TPSA) is 82.6 Å². The lowest BCUT2D eigenvalue weighted by Crippen LogP contribution is -2.22. The highest BCUT2D eigenvalue weighted by Crippen LogP contribution is 2.30. The third kappa shape index (κ3) is 3.70. The first-order valence-electron chi connectivity index (χ1n) is 10.4. The Morgan fingerprint density at radius 3 is 2.93 bits per heavy atom. The van der Waals surface area contributed by atoms with E-state index >= 15 is 0 Å². The molecule has 1 aliphatic heterocycles. The first kappa shape index (κ1) is 19.2. The number of halogens is 1. The van der Waals surface area contributed by atoms with Gasteiger partial charge < -0.3 is 15.2 Å². The average Bonchev–Trinajstić information content (AvgIpc) is 3.44. The van der Waals surface area contributed by atoms with E-state index in [1.54, 1.807) is 6.33 Å². The fourth-order valence-electron chi connectivity index (χ4n) is 4.19. The number of hydrogen-bond donors (Lipinski definition) is 2. The van der Waals surface area contributed by atoms with E-state index in [4.69, 9.17) is 16.6 Å². The van der Waals surface area contributed by atoms with Crippen molar-refractivity contribution in [3.05, 3.63) is 53.3 Å². The van der Waals surface area contributed by atoms with Gasteiger partial charge in [-0.2, -0.15) is 0 Å². The molecule has 0 aliphatic carbocycles. The van der Waals surface area contributed by atoms with Crippen LogP contribution in [0.4, 0.5) is 5.82 Å². The van der Waals surface area contributed by atoms with Crippen molar-refractivity contribution in [3.8, 4) is 0 Å². The molecule has 4 aromatic rings. The molecule has 1 fully saturated rings. The van der Waals surface area contributed by atoms with Crippen molar-refractivity contribution in [1.82, 2.24) is 29.8 Å². The summed E-state index contributed by atoms with van der Waals surface area (Å²) < 4.78 is 0. The number of benzene rings is 1. The molecule has 0 unspecified atom stereocenters. The second kappa shape index (κ2) is 8.16. The second-order valence-corrected chi connectivity index (χ2v) is 8.23. The minimum Gasteiger partial charge on any atom is -0.360 e. The lowest BCUT2D eigenvalue weighted by molar-refractivity contribution is 0.342. The van der Waals surface area contributed by atoms with Crippen LogP contribution < -0.4 is 5.32 Å². The average molecular weight is 422 g/mol. The molecule has 0 radical (unpaired) electrons. The third-order valence-corrected chi connectivity index (χ3v) is 6.09.